The lowest BCUT2D eigenvalue weighted by molar-refractivity contribution is 0.171. The second-order valence-corrected chi connectivity index (χ2v) is 5.66. The van der Waals surface area contributed by atoms with Crippen LogP contribution in [0.2, 0.25) is 0 Å². The molecule has 0 aliphatic carbocycles. The number of benzene rings is 1. The fraction of sp³-hybridized carbons (Fsp3) is 0.500. The maximum absolute atomic E-state index is 10.1. The van der Waals surface area contributed by atoms with Crippen LogP contribution >= 0.6 is 0 Å². The van der Waals surface area contributed by atoms with Gasteiger partial charge in [0.05, 0.1) is 19.8 Å². The molecule has 1 aromatic heterocycles. The zero-order chi connectivity index (χ0) is 15.5. The zero-order valence-electron chi connectivity index (χ0n) is 13.0. The van der Waals surface area contributed by atoms with Gasteiger partial charge in [-0.05, 0) is 24.1 Å². The average molecular weight is 302 g/mol. The third-order valence-corrected chi connectivity index (χ3v) is 4.11. The van der Waals surface area contributed by atoms with Crippen LogP contribution in [0.25, 0.3) is 0 Å². The Labute approximate surface area is 130 Å². The Morgan fingerprint density at radius 1 is 1.45 bits per heavy atom. The fourth-order valence-corrected chi connectivity index (χ4v) is 3.01. The highest BCUT2D eigenvalue weighted by Crippen LogP contribution is 2.34. The molecular weight excluding hydrogens is 280 g/mol. The minimum atomic E-state index is -0.315. The van der Waals surface area contributed by atoms with E-state index in [0.29, 0.717) is 13.1 Å². The van der Waals surface area contributed by atoms with Crippen molar-refractivity contribution in [2.24, 2.45) is 0 Å². The van der Waals surface area contributed by atoms with Gasteiger partial charge in [0.25, 0.3) is 0 Å². The van der Waals surface area contributed by atoms with E-state index in [1.54, 1.807) is 7.11 Å². The Balaban J connectivity index is 1.79. The molecule has 2 atom stereocenters. The van der Waals surface area contributed by atoms with Gasteiger partial charge in [-0.15, -0.1) is 0 Å². The number of aromatic nitrogens is 3. The maximum Gasteiger partial charge on any atom is 0.150 e. The molecule has 2 aromatic rings. The van der Waals surface area contributed by atoms with Crippen LogP contribution in [0.15, 0.2) is 24.3 Å². The van der Waals surface area contributed by atoms with E-state index in [1.165, 1.54) is 0 Å². The third-order valence-electron chi connectivity index (χ3n) is 4.11. The molecule has 0 amide bonds. The molecule has 0 saturated carbocycles. The molecule has 1 aromatic carbocycles. The highest BCUT2D eigenvalue weighted by Gasteiger charge is 2.32. The highest BCUT2D eigenvalue weighted by molar-refractivity contribution is 5.31. The standard InChI is InChI=1S/C16H22N4O2/c1-3-15-17-16(19-18-15)10-20-9-12(21)8-14(20)11-5-4-6-13(7-11)22-2/h4-7,12,14,21H,3,8-10H2,1-2H3,(H,17,18,19)/t12-,14-/m1/s1. The summed E-state index contributed by atoms with van der Waals surface area (Å²) in [5, 5.41) is 17.2. The molecule has 6 nitrogen and oxygen atoms in total. The number of ether oxygens (including phenoxy) is 1. The van der Waals surface area contributed by atoms with E-state index < -0.39 is 0 Å². The molecular formula is C16H22N4O2. The van der Waals surface area contributed by atoms with Crippen molar-refractivity contribution in [2.75, 3.05) is 13.7 Å². The van der Waals surface area contributed by atoms with Crippen molar-refractivity contribution in [1.82, 2.24) is 20.1 Å². The Bertz CT molecular complexity index is 628. The predicted octanol–water partition coefficient (Wildman–Crippen LogP) is 1.68. The first-order chi connectivity index (χ1) is 10.7. The van der Waals surface area contributed by atoms with Gasteiger partial charge in [-0.2, -0.15) is 5.10 Å². The number of aliphatic hydroxyl groups excluding tert-OH is 1. The molecule has 0 unspecified atom stereocenters. The number of nitrogens with one attached hydrogen (secondary N) is 1. The summed E-state index contributed by atoms with van der Waals surface area (Å²) < 4.78 is 5.30. The van der Waals surface area contributed by atoms with Crippen molar-refractivity contribution in [2.45, 2.75) is 38.5 Å². The van der Waals surface area contributed by atoms with Gasteiger partial charge in [0.1, 0.15) is 17.4 Å². The van der Waals surface area contributed by atoms with E-state index >= 15 is 0 Å². The van der Waals surface area contributed by atoms with Crippen molar-refractivity contribution in [3.63, 3.8) is 0 Å². The first kappa shape index (κ1) is 15.0. The summed E-state index contributed by atoms with van der Waals surface area (Å²) in [5.41, 5.74) is 1.16. The summed E-state index contributed by atoms with van der Waals surface area (Å²) in [6, 6.07) is 8.20. The summed E-state index contributed by atoms with van der Waals surface area (Å²) in [5.74, 6) is 2.51. The molecule has 1 aliphatic heterocycles. The number of rotatable bonds is 5. The lowest BCUT2D eigenvalue weighted by atomic mass is 10.0. The Hall–Kier alpha value is -1.92. The Morgan fingerprint density at radius 3 is 3.05 bits per heavy atom. The van der Waals surface area contributed by atoms with Gasteiger partial charge < -0.3 is 9.84 Å². The lowest BCUT2D eigenvalue weighted by Gasteiger charge is -2.23. The number of hydrogen-bond acceptors (Lipinski definition) is 5. The van der Waals surface area contributed by atoms with Crippen LogP contribution in [0.1, 0.15) is 36.6 Å². The topological polar surface area (TPSA) is 74.3 Å². The number of hydrogen-bond donors (Lipinski definition) is 2. The van der Waals surface area contributed by atoms with Crippen LogP contribution in [-0.2, 0) is 13.0 Å². The summed E-state index contributed by atoms with van der Waals surface area (Å²) in [4.78, 5) is 6.70. The molecule has 1 saturated heterocycles. The van der Waals surface area contributed by atoms with Gasteiger partial charge in [0.15, 0.2) is 0 Å². The molecule has 2 N–H and O–H groups in total. The minimum Gasteiger partial charge on any atom is -0.497 e. The van der Waals surface area contributed by atoms with E-state index in [4.69, 9.17) is 4.74 Å². The average Bonchev–Trinajstić information content (AvgIpc) is 3.14. The number of β-amino-alcohol motifs (C(OH)–C–C–N with tert-alkyl or cyclic N) is 1. The Kier molecular flexibility index (Phi) is 4.40. The molecule has 1 fully saturated rings. The van der Waals surface area contributed by atoms with Crippen LogP contribution in [-0.4, -0.2) is 44.9 Å². The van der Waals surface area contributed by atoms with Crippen LogP contribution in [0.5, 0.6) is 5.75 Å². The van der Waals surface area contributed by atoms with Gasteiger partial charge in [0.2, 0.25) is 0 Å². The van der Waals surface area contributed by atoms with Crippen molar-refractivity contribution in [1.29, 1.82) is 0 Å². The molecule has 2 heterocycles. The number of aryl methyl sites for hydroxylation is 1. The third kappa shape index (κ3) is 3.13. The van der Waals surface area contributed by atoms with E-state index in [1.807, 2.05) is 25.1 Å². The molecule has 3 rings (SSSR count). The Morgan fingerprint density at radius 2 is 2.32 bits per heavy atom. The summed E-state index contributed by atoms with van der Waals surface area (Å²) >= 11 is 0. The molecule has 118 valence electrons. The SMILES string of the molecule is CCc1n[nH]c(CN2C[C@H](O)C[C@@H]2c2cccc(OC)c2)n1. The second kappa shape index (κ2) is 6.46. The number of nitrogens with zero attached hydrogens (tertiary/aromatic N) is 3. The van der Waals surface area contributed by atoms with Gasteiger partial charge in [-0.25, -0.2) is 4.98 Å². The molecule has 22 heavy (non-hydrogen) atoms. The second-order valence-electron chi connectivity index (χ2n) is 5.66. The van der Waals surface area contributed by atoms with Gasteiger partial charge in [-0.1, -0.05) is 19.1 Å². The number of aromatic amines is 1. The molecule has 1 aliphatic rings. The van der Waals surface area contributed by atoms with E-state index in [9.17, 15) is 5.11 Å². The highest BCUT2D eigenvalue weighted by atomic mass is 16.5. The van der Waals surface area contributed by atoms with Crippen LogP contribution < -0.4 is 4.74 Å². The number of H-pyrrole nitrogens is 1. The zero-order valence-corrected chi connectivity index (χ0v) is 13.0. The van der Waals surface area contributed by atoms with E-state index in [0.717, 1.165) is 35.8 Å². The van der Waals surface area contributed by atoms with Crippen molar-refractivity contribution < 1.29 is 9.84 Å². The quantitative estimate of drug-likeness (QED) is 0.879. The van der Waals surface area contributed by atoms with Crippen LogP contribution in [0, 0.1) is 0 Å². The van der Waals surface area contributed by atoms with Crippen LogP contribution in [0.3, 0.4) is 0 Å². The van der Waals surface area contributed by atoms with Crippen molar-refractivity contribution in [3.05, 3.63) is 41.5 Å². The fourth-order valence-electron chi connectivity index (χ4n) is 3.01. The van der Waals surface area contributed by atoms with E-state index in [-0.39, 0.29) is 12.1 Å². The molecule has 6 heteroatoms. The summed E-state index contributed by atoms with van der Waals surface area (Å²) in [6.45, 7) is 3.33. The van der Waals surface area contributed by atoms with Crippen molar-refractivity contribution >= 4 is 0 Å². The number of likely N-dealkylation sites (tertiary alicyclic amines) is 1. The maximum atomic E-state index is 10.1. The normalized spacial score (nSPS) is 22.1. The number of aliphatic hydroxyl groups is 1. The van der Waals surface area contributed by atoms with Gasteiger partial charge in [-0.3, -0.25) is 10.00 Å². The molecule has 0 spiro atoms. The van der Waals surface area contributed by atoms with E-state index in [2.05, 4.69) is 26.1 Å². The summed E-state index contributed by atoms with van der Waals surface area (Å²) in [7, 11) is 1.67. The minimum absolute atomic E-state index is 0.167. The monoisotopic (exact) mass is 302 g/mol. The summed E-state index contributed by atoms with van der Waals surface area (Å²) in [6.07, 6.45) is 1.23. The van der Waals surface area contributed by atoms with Gasteiger partial charge in [0, 0.05) is 19.0 Å². The molecule has 0 bridgehead atoms. The van der Waals surface area contributed by atoms with Crippen molar-refractivity contribution in [3.8, 4) is 5.75 Å². The smallest absolute Gasteiger partial charge is 0.150 e. The first-order valence-corrected chi connectivity index (χ1v) is 7.65. The lowest BCUT2D eigenvalue weighted by Crippen LogP contribution is -2.25. The van der Waals surface area contributed by atoms with Gasteiger partial charge >= 0.3 is 0 Å². The number of methoxy groups -OCH3 is 1. The first-order valence-electron chi connectivity index (χ1n) is 7.65. The van der Waals surface area contributed by atoms with Crippen LogP contribution in [0.4, 0.5) is 0 Å². The molecule has 0 radical (unpaired) electrons. The largest absolute Gasteiger partial charge is 0.497 e. The predicted molar refractivity (Wildman–Crippen MR) is 82.5 cm³/mol.